The molecule has 4 heteroatoms. The summed E-state index contributed by atoms with van der Waals surface area (Å²) in [6.45, 7) is 4.91. The van der Waals surface area contributed by atoms with Crippen LogP contribution in [0.3, 0.4) is 0 Å². The van der Waals surface area contributed by atoms with Crippen molar-refractivity contribution in [2.75, 3.05) is 6.54 Å². The lowest BCUT2D eigenvalue weighted by atomic mass is 10.0. The van der Waals surface area contributed by atoms with Crippen molar-refractivity contribution in [3.63, 3.8) is 0 Å². The largest absolute Gasteiger partial charge is 0.351 e. The molecule has 0 aliphatic carbocycles. The molecule has 0 heterocycles. The minimum absolute atomic E-state index is 0. The van der Waals surface area contributed by atoms with Crippen molar-refractivity contribution in [2.24, 2.45) is 5.73 Å². The van der Waals surface area contributed by atoms with Crippen LogP contribution in [0.2, 0.25) is 0 Å². The Morgan fingerprint density at radius 2 is 1.88 bits per heavy atom. The van der Waals surface area contributed by atoms with E-state index in [1.165, 1.54) is 5.56 Å². The molecular formula is C12H19ClN2O. The van der Waals surface area contributed by atoms with Crippen LogP contribution in [0.15, 0.2) is 24.3 Å². The van der Waals surface area contributed by atoms with Crippen LogP contribution in [-0.2, 0) is 11.3 Å². The van der Waals surface area contributed by atoms with E-state index < -0.39 is 0 Å². The molecule has 0 atom stereocenters. The SMILES string of the molecule is CC(C)c1ccc(CNC(=O)CN)cc1.Cl. The van der Waals surface area contributed by atoms with E-state index in [0.717, 1.165) is 5.56 Å². The summed E-state index contributed by atoms with van der Waals surface area (Å²) < 4.78 is 0. The number of nitrogens with two attached hydrogens (primary N) is 1. The van der Waals surface area contributed by atoms with E-state index >= 15 is 0 Å². The number of benzene rings is 1. The van der Waals surface area contributed by atoms with Crippen molar-refractivity contribution in [1.29, 1.82) is 0 Å². The second-order valence-corrected chi connectivity index (χ2v) is 3.88. The minimum Gasteiger partial charge on any atom is -0.351 e. The van der Waals surface area contributed by atoms with Gasteiger partial charge in [-0.25, -0.2) is 0 Å². The summed E-state index contributed by atoms with van der Waals surface area (Å²) in [5.41, 5.74) is 7.60. The molecule has 0 saturated carbocycles. The first kappa shape index (κ1) is 14.9. The number of hydrogen-bond donors (Lipinski definition) is 2. The Bertz CT molecular complexity index is 322. The van der Waals surface area contributed by atoms with Crippen LogP contribution < -0.4 is 11.1 Å². The number of halogens is 1. The van der Waals surface area contributed by atoms with E-state index in [2.05, 4.69) is 31.3 Å². The molecule has 0 aromatic heterocycles. The summed E-state index contributed by atoms with van der Waals surface area (Å²) in [7, 11) is 0. The zero-order valence-corrected chi connectivity index (χ0v) is 10.5. The van der Waals surface area contributed by atoms with Gasteiger partial charge in [0, 0.05) is 6.54 Å². The predicted molar refractivity (Wildman–Crippen MR) is 68.7 cm³/mol. The van der Waals surface area contributed by atoms with Crippen molar-refractivity contribution < 1.29 is 4.79 Å². The maximum Gasteiger partial charge on any atom is 0.234 e. The lowest BCUT2D eigenvalue weighted by molar-refractivity contribution is -0.119. The van der Waals surface area contributed by atoms with Crippen LogP contribution in [0.5, 0.6) is 0 Å². The third-order valence-corrected chi connectivity index (χ3v) is 2.32. The van der Waals surface area contributed by atoms with Gasteiger partial charge in [0.25, 0.3) is 0 Å². The molecule has 0 spiro atoms. The Morgan fingerprint density at radius 3 is 2.31 bits per heavy atom. The first-order valence-electron chi connectivity index (χ1n) is 5.19. The second-order valence-electron chi connectivity index (χ2n) is 3.88. The van der Waals surface area contributed by atoms with Gasteiger partial charge in [-0.1, -0.05) is 38.1 Å². The second kappa shape index (κ2) is 7.25. The molecule has 1 amide bonds. The van der Waals surface area contributed by atoms with Crippen molar-refractivity contribution >= 4 is 18.3 Å². The highest BCUT2D eigenvalue weighted by Crippen LogP contribution is 2.14. The van der Waals surface area contributed by atoms with Gasteiger partial charge in [-0.3, -0.25) is 4.79 Å². The minimum atomic E-state index is -0.122. The van der Waals surface area contributed by atoms with Crippen molar-refractivity contribution in [1.82, 2.24) is 5.32 Å². The summed E-state index contributed by atoms with van der Waals surface area (Å²) in [6, 6.07) is 8.25. The van der Waals surface area contributed by atoms with Gasteiger partial charge in [-0.05, 0) is 17.0 Å². The maximum absolute atomic E-state index is 10.9. The summed E-state index contributed by atoms with van der Waals surface area (Å²) >= 11 is 0. The predicted octanol–water partition coefficient (Wildman–Crippen LogP) is 1.81. The first-order valence-corrected chi connectivity index (χ1v) is 5.19. The molecule has 90 valence electrons. The Kier molecular flexibility index (Phi) is 6.77. The third kappa shape index (κ3) is 4.64. The van der Waals surface area contributed by atoms with Crippen LogP contribution in [0.25, 0.3) is 0 Å². The number of carbonyl (C=O) groups excluding carboxylic acids is 1. The highest BCUT2D eigenvalue weighted by molar-refractivity contribution is 5.85. The van der Waals surface area contributed by atoms with Gasteiger partial charge in [-0.15, -0.1) is 12.4 Å². The topological polar surface area (TPSA) is 55.1 Å². The molecule has 3 N–H and O–H groups in total. The number of nitrogens with one attached hydrogen (secondary N) is 1. The van der Waals surface area contributed by atoms with Gasteiger partial charge in [0.05, 0.1) is 6.54 Å². The molecule has 1 aromatic rings. The molecule has 1 rings (SSSR count). The van der Waals surface area contributed by atoms with E-state index in [-0.39, 0.29) is 24.9 Å². The van der Waals surface area contributed by atoms with Gasteiger partial charge < -0.3 is 11.1 Å². The molecular weight excluding hydrogens is 224 g/mol. The Morgan fingerprint density at radius 1 is 1.31 bits per heavy atom. The molecule has 0 saturated heterocycles. The van der Waals surface area contributed by atoms with Crippen LogP contribution in [-0.4, -0.2) is 12.5 Å². The lowest BCUT2D eigenvalue weighted by Gasteiger charge is -2.07. The molecule has 0 aliphatic rings. The summed E-state index contributed by atoms with van der Waals surface area (Å²) in [5, 5.41) is 2.73. The molecule has 0 aliphatic heterocycles. The van der Waals surface area contributed by atoms with Gasteiger partial charge in [-0.2, -0.15) is 0 Å². The van der Waals surface area contributed by atoms with E-state index in [0.29, 0.717) is 12.5 Å². The van der Waals surface area contributed by atoms with E-state index in [1.807, 2.05) is 12.1 Å². The Labute approximate surface area is 103 Å². The number of rotatable bonds is 4. The van der Waals surface area contributed by atoms with Crippen molar-refractivity contribution in [2.45, 2.75) is 26.3 Å². The zero-order valence-electron chi connectivity index (χ0n) is 9.69. The van der Waals surface area contributed by atoms with Crippen LogP contribution in [0, 0.1) is 0 Å². The summed E-state index contributed by atoms with van der Waals surface area (Å²) in [6.07, 6.45) is 0. The fourth-order valence-electron chi connectivity index (χ4n) is 1.29. The molecule has 1 aromatic carbocycles. The molecule has 0 bridgehead atoms. The fourth-order valence-corrected chi connectivity index (χ4v) is 1.29. The highest BCUT2D eigenvalue weighted by Gasteiger charge is 2.00. The molecule has 0 fully saturated rings. The summed E-state index contributed by atoms with van der Waals surface area (Å²) in [4.78, 5) is 10.9. The zero-order chi connectivity index (χ0) is 11.3. The van der Waals surface area contributed by atoms with E-state index in [1.54, 1.807) is 0 Å². The summed E-state index contributed by atoms with van der Waals surface area (Å²) in [5.74, 6) is 0.417. The smallest absolute Gasteiger partial charge is 0.234 e. The van der Waals surface area contributed by atoms with Crippen molar-refractivity contribution in [3.8, 4) is 0 Å². The van der Waals surface area contributed by atoms with Crippen LogP contribution in [0.1, 0.15) is 30.9 Å². The first-order chi connectivity index (χ1) is 7.13. The normalized spacial score (nSPS) is 9.75. The van der Waals surface area contributed by atoms with Crippen LogP contribution >= 0.6 is 12.4 Å². The number of carbonyl (C=O) groups is 1. The fraction of sp³-hybridized carbons (Fsp3) is 0.417. The van der Waals surface area contributed by atoms with Crippen molar-refractivity contribution in [3.05, 3.63) is 35.4 Å². The average molecular weight is 243 g/mol. The molecule has 16 heavy (non-hydrogen) atoms. The van der Waals surface area contributed by atoms with Gasteiger partial charge in [0.15, 0.2) is 0 Å². The average Bonchev–Trinajstić information content (AvgIpc) is 2.26. The van der Waals surface area contributed by atoms with E-state index in [4.69, 9.17) is 5.73 Å². The van der Waals surface area contributed by atoms with Gasteiger partial charge >= 0.3 is 0 Å². The molecule has 0 unspecified atom stereocenters. The quantitative estimate of drug-likeness (QED) is 0.846. The molecule has 0 radical (unpaired) electrons. The van der Waals surface area contributed by atoms with E-state index in [9.17, 15) is 4.79 Å². The van der Waals surface area contributed by atoms with Crippen LogP contribution in [0.4, 0.5) is 0 Å². The lowest BCUT2D eigenvalue weighted by Crippen LogP contribution is -2.29. The van der Waals surface area contributed by atoms with Gasteiger partial charge in [0.2, 0.25) is 5.91 Å². The highest BCUT2D eigenvalue weighted by atomic mass is 35.5. The Hall–Kier alpha value is -1.06. The third-order valence-electron chi connectivity index (χ3n) is 2.32. The van der Waals surface area contributed by atoms with Gasteiger partial charge in [0.1, 0.15) is 0 Å². The number of hydrogen-bond acceptors (Lipinski definition) is 2. The molecule has 3 nitrogen and oxygen atoms in total. The maximum atomic E-state index is 10.9. The number of amides is 1. The Balaban J connectivity index is 0.00000225. The monoisotopic (exact) mass is 242 g/mol. The standard InChI is InChI=1S/C12H18N2O.ClH/c1-9(2)11-5-3-10(4-6-11)8-14-12(15)7-13;/h3-6,9H,7-8,13H2,1-2H3,(H,14,15);1H.